The van der Waals surface area contributed by atoms with Crippen molar-refractivity contribution in [2.45, 2.75) is 18.8 Å². The fraction of sp³-hybridized carbons (Fsp3) is 0.500. The topological polar surface area (TPSA) is 84.3 Å². The molecular weight excluding hydrogens is 188 g/mol. The predicted octanol–water partition coefficient (Wildman–Crippen LogP) is -1.18. The van der Waals surface area contributed by atoms with Crippen molar-refractivity contribution in [3.05, 3.63) is 33.1 Å². The van der Waals surface area contributed by atoms with Gasteiger partial charge in [-0.3, -0.25) is 14.3 Å². The SMILES string of the molecule is O=c1ccn([C@H]2C[C@@H](CO)O2)c(=O)[nH]1. The Hall–Kier alpha value is -1.40. The molecule has 76 valence electrons. The molecule has 1 aliphatic rings. The Kier molecular flexibility index (Phi) is 2.22. The first kappa shape index (κ1) is 9.17. The second kappa shape index (κ2) is 3.39. The van der Waals surface area contributed by atoms with E-state index >= 15 is 0 Å². The zero-order valence-electron chi connectivity index (χ0n) is 7.34. The minimum Gasteiger partial charge on any atom is -0.394 e. The molecule has 1 aromatic rings. The number of hydrogen-bond donors (Lipinski definition) is 2. The third kappa shape index (κ3) is 1.49. The highest BCUT2D eigenvalue weighted by molar-refractivity contribution is 4.87. The number of hydrogen-bond acceptors (Lipinski definition) is 4. The first-order valence-corrected chi connectivity index (χ1v) is 4.28. The first-order valence-electron chi connectivity index (χ1n) is 4.28. The molecule has 0 aromatic carbocycles. The monoisotopic (exact) mass is 198 g/mol. The number of aliphatic hydroxyl groups is 1. The van der Waals surface area contributed by atoms with Gasteiger partial charge in [-0.05, 0) is 0 Å². The summed E-state index contributed by atoms with van der Waals surface area (Å²) in [6.07, 6.45) is 1.41. The van der Waals surface area contributed by atoms with Crippen LogP contribution >= 0.6 is 0 Å². The van der Waals surface area contributed by atoms with Gasteiger partial charge in [0.25, 0.3) is 5.56 Å². The molecule has 1 saturated heterocycles. The van der Waals surface area contributed by atoms with Gasteiger partial charge in [-0.15, -0.1) is 0 Å². The third-order valence-corrected chi connectivity index (χ3v) is 2.18. The maximum absolute atomic E-state index is 11.2. The Balaban J connectivity index is 2.19. The molecule has 2 N–H and O–H groups in total. The average Bonchev–Trinajstić information content (AvgIpc) is 2.06. The number of nitrogens with zero attached hydrogens (tertiary/aromatic N) is 1. The van der Waals surface area contributed by atoms with Crippen LogP contribution in [0.2, 0.25) is 0 Å². The van der Waals surface area contributed by atoms with Gasteiger partial charge in [0.2, 0.25) is 0 Å². The van der Waals surface area contributed by atoms with E-state index in [1.807, 2.05) is 0 Å². The lowest BCUT2D eigenvalue weighted by Gasteiger charge is -2.35. The van der Waals surface area contributed by atoms with Gasteiger partial charge in [0.15, 0.2) is 0 Å². The molecule has 2 heterocycles. The summed E-state index contributed by atoms with van der Waals surface area (Å²) < 4.78 is 6.49. The number of ether oxygens (including phenoxy) is 1. The smallest absolute Gasteiger partial charge is 0.330 e. The Morgan fingerprint density at radius 3 is 2.93 bits per heavy atom. The zero-order chi connectivity index (χ0) is 10.1. The number of aliphatic hydroxyl groups excluding tert-OH is 1. The molecule has 6 heteroatoms. The first-order chi connectivity index (χ1) is 6.70. The summed E-state index contributed by atoms with van der Waals surface area (Å²) in [6, 6.07) is 1.26. The van der Waals surface area contributed by atoms with Gasteiger partial charge in [0.1, 0.15) is 6.23 Å². The summed E-state index contributed by atoms with van der Waals surface area (Å²) in [5.41, 5.74) is -0.914. The van der Waals surface area contributed by atoms with Crippen LogP contribution in [-0.4, -0.2) is 27.4 Å². The largest absolute Gasteiger partial charge is 0.394 e. The Labute approximate surface area is 78.8 Å². The summed E-state index contributed by atoms with van der Waals surface area (Å²) in [4.78, 5) is 24.1. The number of nitrogens with one attached hydrogen (secondary N) is 1. The van der Waals surface area contributed by atoms with Gasteiger partial charge in [-0.25, -0.2) is 4.79 Å². The molecule has 0 unspecified atom stereocenters. The standard InChI is InChI=1S/C8H10N2O4/c11-4-5-3-7(14-5)10-2-1-6(12)9-8(10)13/h1-2,5,7,11H,3-4H2,(H,9,12,13)/t5-,7+/m0/s1. The highest BCUT2D eigenvalue weighted by Crippen LogP contribution is 2.27. The van der Waals surface area contributed by atoms with Crippen LogP contribution < -0.4 is 11.2 Å². The van der Waals surface area contributed by atoms with E-state index in [4.69, 9.17) is 9.84 Å². The summed E-state index contributed by atoms with van der Waals surface area (Å²) in [5, 5.41) is 8.69. The van der Waals surface area contributed by atoms with Crippen molar-refractivity contribution in [1.29, 1.82) is 0 Å². The number of aromatic amines is 1. The van der Waals surface area contributed by atoms with Crippen molar-refractivity contribution in [3.8, 4) is 0 Å². The average molecular weight is 198 g/mol. The second-order valence-corrected chi connectivity index (χ2v) is 3.15. The molecule has 0 radical (unpaired) electrons. The Morgan fingerprint density at radius 2 is 2.36 bits per heavy atom. The van der Waals surface area contributed by atoms with Crippen molar-refractivity contribution in [1.82, 2.24) is 9.55 Å². The summed E-state index contributed by atoms with van der Waals surface area (Å²) in [5.74, 6) is 0. The second-order valence-electron chi connectivity index (χ2n) is 3.15. The van der Waals surface area contributed by atoms with Gasteiger partial charge in [0.05, 0.1) is 12.7 Å². The van der Waals surface area contributed by atoms with Crippen LogP contribution in [0.1, 0.15) is 12.6 Å². The van der Waals surface area contributed by atoms with Crippen molar-refractivity contribution in [3.63, 3.8) is 0 Å². The molecule has 1 fully saturated rings. The van der Waals surface area contributed by atoms with Crippen LogP contribution in [0.4, 0.5) is 0 Å². The number of rotatable bonds is 2. The fourth-order valence-electron chi connectivity index (χ4n) is 1.39. The summed E-state index contributed by atoms with van der Waals surface area (Å²) in [7, 11) is 0. The van der Waals surface area contributed by atoms with Gasteiger partial charge >= 0.3 is 5.69 Å². The van der Waals surface area contributed by atoms with Crippen molar-refractivity contribution in [2.24, 2.45) is 0 Å². The predicted molar refractivity (Wildman–Crippen MR) is 46.9 cm³/mol. The van der Waals surface area contributed by atoms with Gasteiger partial charge in [0, 0.05) is 18.7 Å². The minimum absolute atomic E-state index is 0.0470. The van der Waals surface area contributed by atoms with Gasteiger partial charge in [-0.2, -0.15) is 0 Å². The third-order valence-electron chi connectivity index (χ3n) is 2.18. The van der Waals surface area contributed by atoms with Crippen LogP contribution in [0.15, 0.2) is 21.9 Å². The molecule has 0 saturated carbocycles. The van der Waals surface area contributed by atoms with E-state index in [0.29, 0.717) is 6.42 Å². The Bertz CT molecular complexity index is 429. The quantitative estimate of drug-likeness (QED) is 0.626. The molecular formula is C8H10N2O4. The minimum atomic E-state index is -0.487. The molecule has 1 aromatic heterocycles. The van der Waals surface area contributed by atoms with Crippen LogP contribution in [0.25, 0.3) is 0 Å². The molecule has 14 heavy (non-hydrogen) atoms. The normalized spacial score (nSPS) is 25.8. The van der Waals surface area contributed by atoms with Crippen molar-refractivity contribution in [2.75, 3.05) is 6.61 Å². The highest BCUT2D eigenvalue weighted by atomic mass is 16.5. The van der Waals surface area contributed by atoms with Crippen LogP contribution in [0.5, 0.6) is 0 Å². The lowest BCUT2D eigenvalue weighted by atomic mass is 10.1. The highest BCUT2D eigenvalue weighted by Gasteiger charge is 2.31. The Morgan fingerprint density at radius 1 is 1.64 bits per heavy atom. The van der Waals surface area contributed by atoms with E-state index in [2.05, 4.69) is 4.98 Å². The zero-order valence-corrected chi connectivity index (χ0v) is 7.34. The molecule has 1 aliphatic heterocycles. The number of aromatic nitrogens is 2. The van der Waals surface area contributed by atoms with Crippen LogP contribution in [-0.2, 0) is 4.74 Å². The van der Waals surface area contributed by atoms with Gasteiger partial charge < -0.3 is 9.84 Å². The lowest BCUT2D eigenvalue weighted by molar-refractivity contribution is -0.181. The van der Waals surface area contributed by atoms with Crippen molar-refractivity contribution >= 4 is 0 Å². The van der Waals surface area contributed by atoms with E-state index < -0.39 is 11.2 Å². The van der Waals surface area contributed by atoms with Gasteiger partial charge in [-0.1, -0.05) is 0 Å². The molecule has 6 nitrogen and oxygen atoms in total. The molecule has 0 bridgehead atoms. The summed E-state index contributed by atoms with van der Waals surface area (Å²) in [6.45, 7) is -0.0470. The van der Waals surface area contributed by atoms with E-state index in [-0.39, 0.29) is 18.9 Å². The van der Waals surface area contributed by atoms with E-state index in [9.17, 15) is 9.59 Å². The van der Waals surface area contributed by atoms with Crippen LogP contribution in [0, 0.1) is 0 Å². The van der Waals surface area contributed by atoms with Crippen LogP contribution in [0.3, 0.4) is 0 Å². The maximum atomic E-state index is 11.2. The van der Waals surface area contributed by atoms with Crippen molar-refractivity contribution < 1.29 is 9.84 Å². The summed E-state index contributed by atoms with van der Waals surface area (Å²) >= 11 is 0. The molecule has 2 rings (SSSR count). The van der Waals surface area contributed by atoms with E-state index in [0.717, 1.165) is 0 Å². The maximum Gasteiger partial charge on any atom is 0.330 e. The number of H-pyrrole nitrogens is 1. The molecule has 0 amide bonds. The van der Waals surface area contributed by atoms with E-state index in [1.165, 1.54) is 16.8 Å². The molecule has 0 spiro atoms. The fourth-order valence-corrected chi connectivity index (χ4v) is 1.39. The molecule has 2 atom stereocenters. The molecule has 0 aliphatic carbocycles. The lowest BCUT2D eigenvalue weighted by Crippen LogP contribution is -2.42. The van der Waals surface area contributed by atoms with E-state index in [1.54, 1.807) is 0 Å².